The lowest BCUT2D eigenvalue weighted by atomic mass is 10.3. The van der Waals surface area contributed by atoms with E-state index in [-0.39, 0.29) is 11.4 Å². The topological polar surface area (TPSA) is 86.4 Å². The fraction of sp³-hybridized carbons (Fsp3) is 0.364. The first-order valence-corrected chi connectivity index (χ1v) is 7.06. The van der Waals surface area contributed by atoms with Crippen molar-refractivity contribution in [2.75, 3.05) is 13.7 Å². The number of aromatic nitrogens is 2. The molecule has 1 atom stereocenters. The van der Waals surface area contributed by atoms with Crippen LogP contribution in [0.3, 0.4) is 0 Å². The molecule has 0 aliphatic rings. The average molecular weight is 285 g/mol. The Morgan fingerprint density at radius 2 is 2.37 bits per heavy atom. The van der Waals surface area contributed by atoms with Gasteiger partial charge in [-0.15, -0.1) is 0 Å². The fourth-order valence-electron chi connectivity index (χ4n) is 1.58. The Hall–Kier alpha value is -1.64. The van der Waals surface area contributed by atoms with Crippen molar-refractivity contribution in [3.05, 3.63) is 36.5 Å². The third-order valence-corrected chi connectivity index (χ3v) is 3.97. The minimum Gasteiger partial charge on any atom is -0.467 e. The summed E-state index contributed by atoms with van der Waals surface area (Å²) < 4.78 is 38.2. The average Bonchev–Trinajstić information content (AvgIpc) is 3.01. The van der Waals surface area contributed by atoms with Crippen LogP contribution in [0.5, 0.6) is 0 Å². The monoisotopic (exact) mass is 285 g/mol. The van der Waals surface area contributed by atoms with E-state index in [1.807, 2.05) is 0 Å². The molecule has 0 aliphatic carbocycles. The molecular weight excluding hydrogens is 270 g/mol. The number of nitrogens with one attached hydrogen (secondary N) is 1. The Labute approximate surface area is 111 Å². The predicted molar refractivity (Wildman–Crippen MR) is 66.9 cm³/mol. The van der Waals surface area contributed by atoms with Crippen molar-refractivity contribution < 1.29 is 17.6 Å². The third-order valence-electron chi connectivity index (χ3n) is 2.60. The summed E-state index contributed by atoms with van der Waals surface area (Å²) in [5.74, 6) is 0.566. The molecule has 2 heterocycles. The van der Waals surface area contributed by atoms with Crippen molar-refractivity contribution in [1.29, 1.82) is 0 Å². The number of furan rings is 1. The lowest BCUT2D eigenvalue weighted by Gasteiger charge is -2.13. The van der Waals surface area contributed by atoms with Crippen LogP contribution in [0.25, 0.3) is 0 Å². The van der Waals surface area contributed by atoms with Gasteiger partial charge < -0.3 is 9.15 Å². The van der Waals surface area contributed by atoms with Gasteiger partial charge in [0.15, 0.2) is 0 Å². The minimum absolute atomic E-state index is 0.0846. The Kier molecular flexibility index (Phi) is 4.03. The van der Waals surface area contributed by atoms with Crippen molar-refractivity contribution >= 4 is 10.0 Å². The molecule has 0 spiro atoms. The van der Waals surface area contributed by atoms with E-state index < -0.39 is 16.1 Å². The van der Waals surface area contributed by atoms with Crippen molar-refractivity contribution in [3.63, 3.8) is 0 Å². The maximum absolute atomic E-state index is 12.0. The Morgan fingerprint density at radius 1 is 1.58 bits per heavy atom. The highest BCUT2D eigenvalue weighted by Gasteiger charge is 2.20. The number of rotatable bonds is 6. The normalized spacial score (nSPS) is 13.6. The highest BCUT2D eigenvalue weighted by molar-refractivity contribution is 7.89. The van der Waals surface area contributed by atoms with Crippen molar-refractivity contribution in [3.8, 4) is 0 Å². The lowest BCUT2D eigenvalue weighted by Crippen LogP contribution is -2.29. The first-order chi connectivity index (χ1) is 9.03. The second-order valence-corrected chi connectivity index (χ2v) is 5.71. The maximum atomic E-state index is 12.0. The summed E-state index contributed by atoms with van der Waals surface area (Å²) in [5, 5.41) is 3.83. The van der Waals surface area contributed by atoms with Crippen LogP contribution in [-0.4, -0.2) is 31.9 Å². The Balaban J connectivity index is 2.05. The maximum Gasteiger partial charge on any atom is 0.243 e. The van der Waals surface area contributed by atoms with E-state index in [1.54, 1.807) is 19.2 Å². The standard InChI is InChI=1S/C11H15N3O4S/c1-14-8-9(6-12-14)19(15,16)13-7-11(17-2)10-4-3-5-18-10/h3-6,8,11,13H,7H2,1-2H3/t11-/m1/s1. The molecule has 0 radical (unpaired) electrons. The Bertz CT molecular complexity index is 618. The minimum atomic E-state index is -3.59. The summed E-state index contributed by atoms with van der Waals surface area (Å²) in [6, 6.07) is 3.45. The molecule has 0 fully saturated rings. The molecular formula is C11H15N3O4S. The molecule has 7 nitrogen and oxygen atoms in total. The highest BCUT2D eigenvalue weighted by atomic mass is 32.2. The number of hydrogen-bond donors (Lipinski definition) is 1. The van der Waals surface area contributed by atoms with Crippen LogP contribution in [0.15, 0.2) is 40.1 Å². The molecule has 0 unspecified atom stereocenters. The van der Waals surface area contributed by atoms with Crippen LogP contribution in [0.2, 0.25) is 0 Å². The zero-order valence-corrected chi connectivity index (χ0v) is 11.4. The molecule has 2 rings (SSSR count). The number of hydrogen-bond acceptors (Lipinski definition) is 5. The summed E-state index contributed by atoms with van der Waals surface area (Å²) in [5.41, 5.74) is 0. The summed E-state index contributed by atoms with van der Waals surface area (Å²) in [4.78, 5) is 0.115. The number of sulfonamides is 1. The summed E-state index contributed by atoms with van der Waals surface area (Å²) in [7, 11) is -0.446. The molecule has 0 saturated carbocycles. The molecule has 0 aliphatic heterocycles. The largest absolute Gasteiger partial charge is 0.467 e. The number of aryl methyl sites for hydroxylation is 1. The van der Waals surface area contributed by atoms with Crippen molar-refractivity contribution in [2.24, 2.45) is 7.05 Å². The first kappa shape index (κ1) is 13.8. The van der Waals surface area contributed by atoms with Gasteiger partial charge in [-0.05, 0) is 12.1 Å². The van der Waals surface area contributed by atoms with Gasteiger partial charge in [0.05, 0.1) is 12.5 Å². The summed E-state index contributed by atoms with van der Waals surface area (Å²) in [6.45, 7) is 0.0846. The molecule has 0 aromatic carbocycles. The molecule has 2 aromatic rings. The van der Waals surface area contributed by atoms with Gasteiger partial charge in [-0.1, -0.05) is 0 Å². The molecule has 2 aromatic heterocycles. The SMILES string of the molecule is CO[C@H](CNS(=O)(=O)c1cnn(C)c1)c1ccco1. The van der Waals surface area contributed by atoms with Gasteiger partial charge in [0, 0.05) is 26.9 Å². The van der Waals surface area contributed by atoms with Gasteiger partial charge in [0.2, 0.25) is 10.0 Å². The molecule has 104 valence electrons. The van der Waals surface area contributed by atoms with Crippen LogP contribution in [0.1, 0.15) is 11.9 Å². The van der Waals surface area contributed by atoms with E-state index in [1.165, 1.54) is 30.4 Å². The van der Waals surface area contributed by atoms with Crippen LogP contribution in [0.4, 0.5) is 0 Å². The molecule has 0 bridgehead atoms. The van der Waals surface area contributed by atoms with Crippen molar-refractivity contribution in [1.82, 2.24) is 14.5 Å². The second-order valence-electron chi connectivity index (χ2n) is 3.94. The highest BCUT2D eigenvalue weighted by Crippen LogP contribution is 2.17. The van der Waals surface area contributed by atoms with Gasteiger partial charge >= 0.3 is 0 Å². The van der Waals surface area contributed by atoms with E-state index in [4.69, 9.17) is 9.15 Å². The van der Waals surface area contributed by atoms with Crippen LogP contribution < -0.4 is 4.72 Å². The van der Waals surface area contributed by atoms with E-state index in [9.17, 15) is 8.42 Å². The third kappa shape index (κ3) is 3.22. The van der Waals surface area contributed by atoms with Crippen LogP contribution >= 0.6 is 0 Å². The number of methoxy groups -OCH3 is 1. The number of nitrogens with zero attached hydrogens (tertiary/aromatic N) is 2. The van der Waals surface area contributed by atoms with Gasteiger partial charge in [-0.3, -0.25) is 4.68 Å². The summed E-state index contributed by atoms with van der Waals surface area (Å²) >= 11 is 0. The van der Waals surface area contributed by atoms with E-state index in [0.717, 1.165) is 0 Å². The molecule has 0 saturated heterocycles. The van der Waals surface area contributed by atoms with E-state index in [2.05, 4.69) is 9.82 Å². The van der Waals surface area contributed by atoms with Crippen LogP contribution in [-0.2, 0) is 21.8 Å². The van der Waals surface area contributed by atoms with Gasteiger partial charge in [-0.2, -0.15) is 5.10 Å². The fourth-order valence-corrected chi connectivity index (χ4v) is 2.60. The van der Waals surface area contributed by atoms with Gasteiger partial charge in [0.1, 0.15) is 16.8 Å². The van der Waals surface area contributed by atoms with Gasteiger partial charge in [-0.25, -0.2) is 13.1 Å². The van der Waals surface area contributed by atoms with E-state index >= 15 is 0 Å². The first-order valence-electron chi connectivity index (χ1n) is 5.57. The lowest BCUT2D eigenvalue weighted by molar-refractivity contribution is 0.0878. The smallest absolute Gasteiger partial charge is 0.243 e. The van der Waals surface area contributed by atoms with Gasteiger partial charge in [0.25, 0.3) is 0 Å². The Morgan fingerprint density at radius 3 is 2.89 bits per heavy atom. The zero-order chi connectivity index (χ0) is 13.9. The van der Waals surface area contributed by atoms with E-state index in [0.29, 0.717) is 5.76 Å². The predicted octanol–water partition coefficient (Wildman–Crippen LogP) is 0.679. The molecule has 0 amide bonds. The molecule has 8 heteroatoms. The summed E-state index contributed by atoms with van der Waals surface area (Å²) in [6.07, 6.45) is 3.76. The number of ether oxygens (including phenoxy) is 1. The second kappa shape index (κ2) is 5.55. The molecule has 19 heavy (non-hydrogen) atoms. The van der Waals surface area contributed by atoms with Crippen molar-refractivity contribution in [2.45, 2.75) is 11.0 Å². The molecule has 1 N–H and O–H groups in total. The van der Waals surface area contributed by atoms with Crippen LogP contribution in [0, 0.1) is 0 Å². The zero-order valence-electron chi connectivity index (χ0n) is 10.6. The quantitative estimate of drug-likeness (QED) is 0.843.